The lowest BCUT2D eigenvalue weighted by molar-refractivity contribution is -0.121. The average Bonchev–Trinajstić information content (AvgIpc) is 2.15. The topological polar surface area (TPSA) is 17.1 Å². The Morgan fingerprint density at radius 2 is 2.00 bits per heavy atom. The van der Waals surface area contributed by atoms with E-state index in [1.54, 1.807) is 5.57 Å². The molecule has 0 saturated heterocycles. The molecule has 0 radical (unpaired) electrons. The Morgan fingerprint density at radius 3 is 2.62 bits per heavy atom. The van der Waals surface area contributed by atoms with Crippen molar-refractivity contribution in [2.75, 3.05) is 0 Å². The zero-order chi connectivity index (χ0) is 11.9. The van der Waals surface area contributed by atoms with Crippen LogP contribution in [0.4, 0.5) is 0 Å². The second-order valence-electron chi connectivity index (χ2n) is 5.76. The second-order valence-corrected chi connectivity index (χ2v) is 5.76. The first-order valence-electron chi connectivity index (χ1n) is 6.35. The lowest BCUT2D eigenvalue weighted by atomic mass is 9.66. The quantitative estimate of drug-likeness (QED) is 0.610. The van der Waals surface area contributed by atoms with Gasteiger partial charge in [0.1, 0.15) is 5.78 Å². The highest BCUT2D eigenvalue weighted by Crippen LogP contribution is 2.45. The van der Waals surface area contributed by atoms with Crippen molar-refractivity contribution in [2.45, 2.75) is 46.5 Å². The number of Topliss-reactive ketones (excluding diaryl/α,β-unsaturated/α-hetero) is 1. The third-order valence-corrected chi connectivity index (χ3v) is 4.29. The Morgan fingerprint density at radius 1 is 1.31 bits per heavy atom. The van der Waals surface area contributed by atoms with E-state index in [1.165, 1.54) is 17.6 Å². The van der Waals surface area contributed by atoms with Gasteiger partial charge in [0.15, 0.2) is 0 Å². The van der Waals surface area contributed by atoms with Crippen molar-refractivity contribution in [3.8, 4) is 0 Å². The number of carbonyl (C=O) groups excluding carboxylic acids is 1. The fraction of sp³-hybridized carbons (Fsp3) is 0.667. The highest BCUT2D eigenvalue weighted by atomic mass is 16.1. The van der Waals surface area contributed by atoms with Crippen molar-refractivity contribution in [3.05, 3.63) is 23.3 Å². The van der Waals surface area contributed by atoms with Crippen LogP contribution in [0.15, 0.2) is 23.3 Å². The monoisotopic (exact) mass is 218 g/mol. The van der Waals surface area contributed by atoms with E-state index >= 15 is 0 Å². The molecule has 0 heterocycles. The fourth-order valence-corrected chi connectivity index (χ4v) is 3.59. The average molecular weight is 218 g/mol. The summed E-state index contributed by atoms with van der Waals surface area (Å²) < 4.78 is 0. The maximum Gasteiger partial charge on any atom is 0.134 e. The highest BCUT2D eigenvalue weighted by molar-refractivity contribution is 5.81. The Hall–Kier alpha value is -0.850. The van der Waals surface area contributed by atoms with Gasteiger partial charge in [-0.05, 0) is 44.4 Å². The van der Waals surface area contributed by atoms with Gasteiger partial charge in [-0.15, -0.1) is 0 Å². The Labute approximate surface area is 98.6 Å². The van der Waals surface area contributed by atoms with E-state index in [9.17, 15) is 4.79 Å². The van der Waals surface area contributed by atoms with Crippen LogP contribution in [0.1, 0.15) is 46.5 Å². The van der Waals surface area contributed by atoms with E-state index in [4.69, 9.17) is 0 Å². The summed E-state index contributed by atoms with van der Waals surface area (Å²) in [4.78, 5) is 11.7. The summed E-state index contributed by atoms with van der Waals surface area (Å²) in [6.45, 7) is 10.7. The minimum Gasteiger partial charge on any atom is -0.300 e. The molecule has 0 aromatic heterocycles. The molecule has 1 nitrogen and oxygen atoms in total. The molecule has 2 aliphatic carbocycles. The van der Waals surface area contributed by atoms with Crippen LogP contribution >= 0.6 is 0 Å². The predicted octanol–water partition coefficient (Wildman–Crippen LogP) is 3.90. The van der Waals surface area contributed by atoms with Crippen LogP contribution in [0.2, 0.25) is 0 Å². The van der Waals surface area contributed by atoms with Gasteiger partial charge in [-0.3, -0.25) is 4.79 Å². The summed E-state index contributed by atoms with van der Waals surface area (Å²) in [6.07, 6.45) is 3.86. The molecule has 0 amide bonds. The van der Waals surface area contributed by atoms with Gasteiger partial charge in [-0.25, -0.2) is 0 Å². The summed E-state index contributed by atoms with van der Waals surface area (Å²) in [6, 6.07) is 0. The molecule has 1 fully saturated rings. The highest BCUT2D eigenvalue weighted by Gasteiger charge is 2.35. The van der Waals surface area contributed by atoms with Crippen molar-refractivity contribution in [1.82, 2.24) is 0 Å². The van der Waals surface area contributed by atoms with E-state index in [1.807, 2.05) is 0 Å². The number of allylic oxidation sites excluding steroid dienone is 3. The smallest absolute Gasteiger partial charge is 0.134 e. The van der Waals surface area contributed by atoms with Gasteiger partial charge in [-0.1, -0.05) is 30.2 Å². The van der Waals surface area contributed by atoms with Gasteiger partial charge in [0.05, 0.1) is 0 Å². The molecule has 3 unspecified atom stereocenters. The molecule has 0 aromatic carbocycles. The van der Waals surface area contributed by atoms with Gasteiger partial charge in [0.25, 0.3) is 0 Å². The third-order valence-electron chi connectivity index (χ3n) is 4.29. The SMILES string of the molecule is C=C(C)C1CC(C)=C2C(C)CC(=O)CC2C1. The molecule has 3 atom stereocenters. The first-order chi connectivity index (χ1) is 7.49. The van der Waals surface area contributed by atoms with Crippen molar-refractivity contribution in [2.24, 2.45) is 17.8 Å². The minimum atomic E-state index is 0.455. The first-order valence-corrected chi connectivity index (χ1v) is 6.35. The molecule has 0 N–H and O–H groups in total. The summed E-state index contributed by atoms with van der Waals surface area (Å²) in [5.41, 5.74) is 4.41. The molecule has 2 rings (SSSR count). The van der Waals surface area contributed by atoms with Crippen molar-refractivity contribution >= 4 is 5.78 Å². The van der Waals surface area contributed by atoms with Crippen LogP contribution < -0.4 is 0 Å². The molecule has 1 heteroatoms. The molecular weight excluding hydrogens is 196 g/mol. The van der Waals surface area contributed by atoms with E-state index in [2.05, 4.69) is 27.4 Å². The Balaban J connectivity index is 2.28. The fourth-order valence-electron chi connectivity index (χ4n) is 3.59. The summed E-state index contributed by atoms with van der Waals surface area (Å²) in [7, 11) is 0. The van der Waals surface area contributed by atoms with Gasteiger partial charge in [0, 0.05) is 12.8 Å². The summed E-state index contributed by atoms with van der Waals surface area (Å²) in [5, 5.41) is 0. The lowest BCUT2D eigenvalue weighted by Crippen LogP contribution is -2.30. The number of hydrogen-bond acceptors (Lipinski definition) is 1. The zero-order valence-electron chi connectivity index (χ0n) is 10.7. The van der Waals surface area contributed by atoms with Crippen molar-refractivity contribution < 1.29 is 4.79 Å². The van der Waals surface area contributed by atoms with Crippen LogP contribution in [0.3, 0.4) is 0 Å². The molecule has 2 aliphatic rings. The Bertz CT molecular complexity index is 362. The van der Waals surface area contributed by atoms with Crippen molar-refractivity contribution in [3.63, 3.8) is 0 Å². The number of ketones is 1. The van der Waals surface area contributed by atoms with E-state index in [0.717, 1.165) is 19.3 Å². The molecular formula is C15H22O. The van der Waals surface area contributed by atoms with E-state index in [-0.39, 0.29) is 0 Å². The Kier molecular flexibility index (Phi) is 3.05. The summed E-state index contributed by atoms with van der Waals surface area (Å²) in [5.74, 6) is 2.06. The van der Waals surface area contributed by atoms with Crippen molar-refractivity contribution in [1.29, 1.82) is 0 Å². The largest absolute Gasteiger partial charge is 0.300 e. The minimum absolute atomic E-state index is 0.455. The molecule has 0 aromatic rings. The predicted molar refractivity (Wildman–Crippen MR) is 67.1 cm³/mol. The summed E-state index contributed by atoms with van der Waals surface area (Å²) >= 11 is 0. The molecule has 16 heavy (non-hydrogen) atoms. The van der Waals surface area contributed by atoms with Gasteiger partial charge in [0.2, 0.25) is 0 Å². The van der Waals surface area contributed by atoms with Gasteiger partial charge >= 0.3 is 0 Å². The third kappa shape index (κ3) is 2.00. The van der Waals surface area contributed by atoms with E-state index < -0.39 is 0 Å². The number of fused-ring (bicyclic) bond motifs is 1. The molecule has 0 spiro atoms. The van der Waals surface area contributed by atoms with E-state index in [0.29, 0.717) is 23.5 Å². The first kappa shape index (κ1) is 11.6. The molecule has 1 saturated carbocycles. The van der Waals surface area contributed by atoms with Gasteiger partial charge in [-0.2, -0.15) is 0 Å². The molecule has 0 bridgehead atoms. The van der Waals surface area contributed by atoms with Crippen LogP contribution in [0.5, 0.6) is 0 Å². The van der Waals surface area contributed by atoms with Gasteiger partial charge < -0.3 is 0 Å². The van der Waals surface area contributed by atoms with Crippen LogP contribution in [0.25, 0.3) is 0 Å². The molecule has 88 valence electrons. The van der Waals surface area contributed by atoms with Crippen LogP contribution in [-0.4, -0.2) is 5.78 Å². The second kappa shape index (κ2) is 4.20. The zero-order valence-corrected chi connectivity index (χ0v) is 10.7. The number of hydrogen-bond donors (Lipinski definition) is 0. The number of carbonyl (C=O) groups is 1. The van der Waals surface area contributed by atoms with Crippen LogP contribution in [-0.2, 0) is 4.79 Å². The maximum absolute atomic E-state index is 11.7. The number of rotatable bonds is 1. The molecule has 0 aliphatic heterocycles. The maximum atomic E-state index is 11.7. The standard InChI is InChI=1S/C15H22O/c1-9(2)12-5-10(3)15-11(4)6-14(16)8-13(15)7-12/h11-13H,1,5-8H2,2-4H3. The normalized spacial score (nSPS) is 34.9. The van der Waals surface area contributed by atoms with Crippen LogP contribution in [0, 0.1) is 17.8 Å². The lowest BCUT2D eigenvalue weighted by Gasteiger charge is -2.39.